The molecule has 1 saturated heterocycles. The summed E-state index contributed by atoms with van der Waals surface area (Å²) in [4.78, 5) is 0. The van der Waals surface area contributed by atoms with Gasteiger partial charge in [-0.05, 0) is 43.4 Å². The minimum absolute atomic E-state index is 0.0633. The van der Waals surface area contributed by atoms with Crippen molar-refractivity contribution in [2.24, 2.45) is 5.92 Å². The minimum atomic E-state index is -3.20. The van der Waals surface area contributed by atoms with Crippen molar-refractivity contribution in [3.05, 3.63) is 41.7 Å². The Labute approximate surface area is 163 Å². The highest BCUT2D eigenvalue weighted by molar-refractivity contribution is 7.99. The van der Waals surface area contributed by atoms with Crippen LogP contribution in [0.15, 0.2) is 36.7 Å². The number of nitrogens with one attached hydrogen (secondary N) is 1. The van der Waals surface area contributed by atoms with Gasteiger partial charge in [0.1, 0.15) is 5.75 Å². The van der Waals surface area contributed by atoms with E-state index in [-0.39, 0.29) is 17.7 Å². The zero-order chi connectivity index (χ0) is 18.6. The lowest BCUT2D eigenvalue weighted by molar-refractivity contribution is 0.229. The van der Waals surface area contributed by atoms with Crippen LogP contribution in [0.2, 0.25) is 5.02 Å². The average Bonchev–Trinajstić information content (AvgIpc) is 3.07. The molecule has 9 heteroatoms. The van der Waals surface area contributed by atoms with Crippen LogP contribution in [0.1, 0.15) is 13.3 Å². The van der Waals surface area contributed by atoms with E-state index < -0.39 is 10.0 Å². The van der Waals surface area contributed by atoms with E-state index in [2.05, 4.69) is 9.82 Å². The van der Waals surface area contributed by atoms with E-state index in [1.165, 1.54) is 0 Å². The molecule has 0 amide bonds. The number of hydrogen-bond donors (Lipinski definition) is 1. The van der Waals surface area contributed by atoms with Gasteiger partial charge in [0.25, 0.3) is 0 Å². The first-order valence-electron chi connectivity index (χ1n) is 8.48. The number of sulfonamides is 1. The van der Waals surface area contributed by atoms with Crippen LogP contribution in [0.3, 0.4) is 0 Å². The van der Waals surface area contributed by atoms with Crippen molar-refractivity contribution in [3.8, 4) is 11.4 Å². The van der Waals surface area contributed by atoms with Gasteiger partial charge in [-0.15, -0.1) is 0 Å². The smallest absolute Gasteiger partial charge is 0.211 e. The fraction of sp³-hybridized carbons (Fsp3) is 0.471. The Kier molecular flexibility index (Phi) is 6.50. The molecule has 6 nitrogen and oxygen atoms in total. The number of thioether (sulfide) groups is 1. The summed E-state index contributed by atoms with van der Waals surface area (Å²) in [5.74, 6) is 2.86. The topological polar surface area (TPSA) is 73.2 Å². The molecular weight excluding hydrogens is 394 g/mol. The molecule has 0 spiro atoms. The molecule has 2 heterocycles. The number of nitrogens with zero attached hydrogens (tertiary/aromatic N) is 2. The monoisotopic (exact) mass is 415 g/mol. The molecular formula is C17H22ClN3O3S2. The van der Waals surface area contributed by atoms with Crippen molar-refractivity contribution >= 4 is 33.4 Å². The SMILES string of the molecule is CCS(=O)(=O)N[C@H]1CCSC[C@@H]1COc1ccc(-n2cc(Cl)cn2)cc1. The Morgan fingerprint density at radius 1 is 1.38 bits per heavy atom. The molecule has 1 fully saturated rings. The highest BCUT2D eigenvalue weighted by Crippen LogP contribution is 2.25. The van der Waals surface area contributed by atoms with Crippen molar-refractivity contribution in [2.45, 2.75) is 19.4 Å². The van der Waals surface area contributed by atoms with Crippen LogP contribution in [-0.4, -0.2) is 48.1 Å². The lowest BCUT2D eigenvalue weighted by Crippen LogP contribution is -2.46. The molecule has 1 aromatic carbocycles. The van der Waals surface area contributed by atoms with Gasteiger partial charge in [0.2, 0.25) is 10.0 Å². The highest BCUT2D eigenvalue weighted by Gasteiger charge is 2.29. The van der Waals surface area contributed by atoms with E-state index in [0.717, 1.165) is 29.4 Å². The van der Waals surface area contributed by atoms with Crippen LogP contribution in [0.25, 0.3) is 5.69 Å². The Morgan fingerprint density at radius 3 is 2.81 bits per heavy atom. The molecule has 0 aliphatic carbocycles. The summed E-state index contributed by atoms with van der Waals surface area (Å²) in [5, 5.41) is 4.75. The highest BCUT2D eigenvalue weighted by atomic mass is 35.5. The second kappa shape index (κ2) is 8.65. The van der Waals surface area contributed by atoms with Crippen LogP contribution in [0.4, 0.5) is 0 Å². The standard InChI is InChI=1S/C17H22ClN3O3S2/c1-2-26(22,23)20-17-7-8-25-12-13(17)11-24-16-5-3-15(4-6-16)21-10-14(18)9-19-21/h3-6,9-10,13,17,20H,2,7-8,11-12H2,1H3/t13-,17-/m0/s1. The summed E-state index contributed by atoms with van der Waals surface area (Å²) >= 11 is 7.73. The molecule has 2 atom stereocenters. The van der Waals surface area contributed by atoms with Gasteiger partial charge >= 0.3 is 0 Å². The van der Waals surface area contributed by atoms with Crippen LogP contribution >= 0.6 is 23.4 Å². The van der Waals surface area contributed by atoms with E-state index in [4.69, 9.17) is 16.3 Å². The lowest BCUT2D eigenvalue weighted by Gasteiger charge is -2.31. The molecule has 0 saturated carbocycles. The molecule has 1 aliphatic rings. The van der Waals surface area contributed by atoms with Crippen LogP contribution in [0, 0.1) is 5.92 Å². The third kappa shape index (κ3) is 5.16. The van der Waals surface area contributed by atoms with Gasteiger partial charge in [-0.25, -0.2) is 17.8 Å². The maximum atomic E-state index is 11.9. The molecule has 1 aromatic heterocycles. The third-order valence-corrected chi connectivity index (χ3v) is 7.11. The van der Waals surface area contributed by atoms with E-state index in [1.54, 1.807) is 24.0 Å². The van der Waals surface area contributed by atoms with Crippen molar-refractivity contribution < 1.29 is 13.2 Å². The number of aromatic nitrogens is 2. The normalized spacial score (nSPS) is 20.8. The second-order valence-electron chi connectivity index (χ2n) is 6.16. The predicted molar refractivity (Wildman–Crippen MR) is 106 cm³/mol. The Hall–Kier alpha value is -1.22. The first-order valence-corrected chi connectivity index (χ1v) is 11.7. The molecule has 0 bridgehead atoms. The zero-order valence-corrected chi connectivity index (χ0v) is 16.9. The van der Waals surface area contributed by atoms with E-state index in [1.807, 2.05) is 36.0 Å². The molecule has 0 radical (unpaired) electrons. The van der Waals surface area contributed by atoms with E-state index in [9.17, 15) is 8.42 Å². The van der Waals surface area contributed by atoms with E-state index in [0.29, 0.717) is 11.6 Å². The summed E-state index contributed by atoms with van der Waals surface area (Å²) in [7, 11) is -3.20. The number of ether oxygens (including phenoxy) is 1. The Bertz CT molecular complexity index is 824. The van der Waals surface area contributed by atoms with Crippen LogP contribution < -0.4 is 9.46 Å². The van der Waals surface area contributed by atoms with Crippen molar-refractivity contribution in [1.29, 1.82) is 0 Å². The Balaban J connectivity index is 1.60. The van der Waals surface area contributed by atoms with Gasteiger partial charge in [-0.2, -0.15) is 16.9 Å². The predicted octanol–water partition coefficient (Wildman–Crippen LogP) is 2.97. The molecule has 142 valence electrons. The molecule has 0 unspecified atom stereocenters. The summed E-state index contributed by atoms with van der Waals surface area (Å²) < 4.78 is 34.2. The van der Waals surface area contributed by atoms with Gasteiger partial charge < -0.3 is 4.74 Å². The molecule has 26 heavy (non-hydrogen) atoms. The third-order valence-electron chi connectivity index (χ3n) is 4.30. The quantitative estimate of drug-likeness (QED) is 0.752. The first kappa shape index (κ1) is 19.5. The van der Waals surface area contributed by atoms with Gasteiger partial charge in [0.05, 0.1) is 29.3 Å². The summed E-state index contributed by atoms with van der Waals surface area (Å²) in [6, 6.07) is 7.52. The number of rotatable bonds is 7. The van der Waals surface area contributed by atoms with Gasteiger partial charge in [0, 0.05) is 23.9 Å². The lowest BCUT2D eigenvalue weighted by atomic mass is 10.0. The molecule has 1 N–H and O–H groups in total. The van der Waals surface area contributed by atoms with Crippen molar-refractivity contribution in [3.63, 3.8) is 0 Å². The maximum Gasteiger partial charge on any atom is 0.211 e. The zero-order valence-electron chi connectivity index (χ0n) is 14.5. The summed E-state index contributed by atoms with van der Waals surface area (Å²) in [5.41, 5.74) is 0.894. The van der Waals surface area contributed by atoms with Crippen LogP contribution in [-0.2, 0) is 10.0 Å². The second-order valence-corrected chi connectivity index (χ2v) is 9.79. The first-order chi connectivity index (χ1) is 12.5. The number of halogens is 1. The average molecular weight is 416 g/mol. The van der Waals surface area contributed by atoms with Gasteiger partial charge in [0.15, 0.2) is 0 Å². The fourth-order valence-corrected chi connectivity index (χ4v) is 5.06. The van der Waals surface area contributed by atoms with Crippen LogP contribution in [0.5, 0.6) is 5.75 Å². The van der Waals surface area contributed by atoms with E-state index >= 15 is 0 Å². The molecule has 2 aromatic rings. The minimum Gasteiger partial charge on any atom is -0.493 e. The molecule has 1 aliphatic heterocycles. The van der Waals surface area contributed by atoms with Crippen molar-refractivity contribution in [2.75, 3.05) is 23.9 Å². The fourth-order valence-electron chi connectivity index (χ4n) is 2.77. The van der Waals surface area contributed by atoms with Gasteiger partial charge in [-0.3, -0.25) is 0 Å². The summed E-state index contributed by atoms with van der Waals surface area (Å²) in [6.07, 6.45) is 4.15. The summed E-state index contributed by atoms with van der Waals surface area (Å²) in [6.45, 7) is 2.14. The number of benzene rings is 1. The van der Waals surface area contributed by atoms with Crippen molar-refractivity contribution in [1.82, 2.24) is 14.5 Å². The number of hydrogen-bond acceptors (Lipinski definition) is 5. The maximum absolute atomic E-state index is 11.9. The molecule has 3 rings (SSSR count). The largest absolute Gasteiger partial charge is 0.493 e. The Morgan fingerprint density at radius 2 is 2.15 bits per heavy atom. The van der Waals surface area contributed by atoms with Gasteiger partial charge in [-0.1, -0.05) is 11.6 Å².